The van der Waals surface area contributed by atoms with Crippen molar-refractivity contribution in [1.82, 2.24) is 10.9 Å². The van der Waals surface area contributed by atoms with E-state index >= 15 is 0 Å². The van der Waals surface area contributed by atoms with E-state index < -0.39 is 6.10 Å². The number of hydrazine groups is 1. The molecule has 2 aromatic rings. The molecule has 0 radical (unpaired) electrons. The summed E-state index contributed by atoms with van der Waals surface area (Å²) >= 11 is 0. The number of benzene rings is 2. The number of ether oxygens (including phenoxy) is 1. The average Bonchev–Trinajstić information content (AvgIpc) is 2.59. The van der Waals surface area contributed by atoms with Crippen LogP contribution in [0.2, 0.25) is 0 Å². The quantitative estimate of drug-likeness (QED) is 0.804. The SMILES string of the molecule is CCC(Oc1ccccc1)C(=O)NNC(=O)Cc1ccccc1. The largest absolute Gasteiger partial charge is 0.481 e. The van der Waals surface area contributed by atoms with Crippen molar-refractivity contribution >= 4 is 11.8 Å². The maximum atomic E-state index is 12.1. The van der Waals surface area contributed by atoms with E-state index in [4.69, 9.17) is 4.74 Å². The zero-order chi connectivity index (χ0) is 16.5. The molecule has 0 saturated heterocycles. The Morgan fingerprint density at radius 1 is 0.957 bits per heavy atom. The lowest BCUT2D eigenvalue weighted by molar-refractivity contribution is -0.133. The van der Waals surface area contributed by atoms with E-state index in [1.54, 1.807) is 12.1 Å². The third-order valence-electron chi connectivity index (χ3n) is 3.22. The van der Waals surface area contributed by atoms with Gasteiger partial charge in [0.25, 0.3) is 5.91 Å². The predicted octanol–water partition coefficient (Wildman–Crippen LogP) is 2.23. The van der Waals surface area contributed by atoms with Gasteiger partial charge in [-0.1, -0.05) is 55.5 Å². The minimum atomic E-state index is -0.658. The minimum Gasteiger partial charge on any atom is -0.481 e. The van der Waals surface area contributed by atoms with Crippen molar-refractivity contribution in [2.45, 2.75) is 25.9 Å². The van der Waals surface area contributed by atoms with E-state index in [9.17, 15) is 9.59 Å². The van der Waals surface area contributed by atoms with Gasteiger partial charge in [-0.15, -0.1) is 0 Å². The Hall–Kier alpha value is -2.82. The highest BCUT2D eigenvalue weighted by molar-refractivity contribution is 5.85. The summed E-state index contributed by atoms with van der Waals surface area (Å²) in [5, 5.41) is 0. The summed E-state index contributed by atoms with van der Waals surface area (Å²) in [6, 6.07) is 18.4. The summed E-state index contributed by atoms with van der Waals surface area (Å²) in [4.78, 5) is 23.9. The van der Waals surface area contributed by atoms with Crippen molar-refractivity contribution in [2.24, 2.45) is 0 Å². The average molecular weight is 312 g/mol. The Balaban J connectivity index is 1.81. The Bertz CT molecular complexity index is 629. The fourth-order valence-electron chi connectivity index (χ4n) is 2.02. The fraction of sp³-hybridized carbons (Fsp3) is 0.222. The molecule has 0 fully saturated rings. The van der Waals surface area contributed by atoms with Gasteiger partial charge in [0, 0.05) is 0 Å². The first-order chi connectivity index (χ1) is 11.2. The third-order valence-corrected chi connectivity index (χ3v) is 3.22. The second kappa shape index (κ2) is 8.58. The lowest BCUT2D eigenvalue weighted by Gasteiger charge is -2.17. The maximum absolute atomic E-state index is 12.1. The van der Waals surface area contributed by atoms with Crippen LogP contribution in [0.25, 0.3) is 0 Å². The van der Waals surface area contributed by atoms with E-state index in [2.05, 4.69) is 10.9 Å². The normalized spacial score (nSPS) is 11.3. The summed E-state index contributed by atoms with van der Waals surface area (Å²) in [7, 11) is 0. The molecule has 0 aromatic heterocycles. The highest BCUT2D eigenvalue weighted by Crippen LogP contribution is 2.12. The summed E-state index contributed by atoms with van der Waals surface area (Å²) in [6.45, 7) is 1.85. The van der Waals surface area contributed by atoms with Gasteiger partial charge >= 0.3 is 0 Å². The van der Waals surface area contributed by atoms with Crippen molar-refractivity contribution in [3.8, 4) is 5.75 Å². The molecule has 0 aliphatic rings. The standard InChI is InChI=1S/C18H20N2O3/c1-2-16(23-15-11-7-4-8-12-15)18(22)20-19-17(21)13-14-9-5-3-6-10-14/h3-12,16H,2,13H2,1H3,(H,19,21)(H,20,22). The molecule has 1 atom stereocenters. The van der Waals surface area contributed by atoms with Crippen LogP contribution in [0.4, 0.5) is 0 Å². The topological polar surface area (TPSA) is 67.4 Å². The molecule has 5 heteroatoms. The number of amides is 2. The summed E-state index contributed by atoms with van der Waals surface area (Å²) in [5.41, 5.74) is 5.70. The number of para-hydroxylation sites is 1. The summed E-state index contributed by atoms with van der Waals surface area (Å²) < 4.78 is 5.61. The van der Waals surface area contributed by atoms with Gasteiger partial charge in [0.1, 0.15) is 5.75 Å². The Labute approximate surface area is 135 Å². The molecule has 5 nitrogen and oxygen atoms in total. The van der Waals surface area contributed by atoms with Gasteiger partial charge < -0.3 is 4.74 Å². The lowest BCUT2D eigenvalue weighted by atomic mass is 10.1. The lowest BCUT2D eigenvalue weighted by Crippen LogP contribution is -2.48. The van der Waals surface area contributed by atoms with Crippen LogP contribution in [0.3, 0.4) is 0 Å². The zero-order valence-corrected chi connectivity index (χ0v) is 13.0. The van der Waals surface area contributed by atoms with Gasteiger partial charge in [0.2, 0.25) is 5.91 Å². The molecule has 2 amide bonds. The molecule has 2 aromatic carbocycles. The molecule has 0 aliphatic carbocycles. The predicted molar refractivity (Wildman–Crippen MR) is 87.6 cm³/mol. The van der Waals surface area contributed by atoms with Crippen molar-refractivity contribution in [1.29, 1.82) is 0 Å². The van der Waals surface area contributed by atoms with Crippen molar-refractivity contribution in [3.05, 3.63) is 66.2 Å². The van der Waals surface area contributed by atoms with Gasteiger partial charge in [-0.2, -0.15) is 0 Å². The highest BCUT2D eigenvalue weighted by atomic mass is 16.5. The smallest absolute Gasteiger partial charge is 0.279 e. The second-order valence-corrected chi connectivity index (χ2v) is 5.03. The van der Waals surface area contributed by atoms with Crippen LogP contribution >= 0.6 is 0 Å². The molecule has 2 rings (SSSR count). The molecule has 0 heterocycles. The van der Waals surface area contributed by atoms with E-state index in [1.165, 1.54) is 0 Å². The molecule has 0 saturated carbocycles. The Morgan fingerprint density at radius 3 is 2.17 bits per heavy atom. The van der Waals surface area contributed by atoms with E-state index in [-0.39, 0.29) is 18.2 Å². The van der Waals surface area contributed by atoms with Crippen molar-refractivity contribution in [3.63, 3.8) is 0 Å². The van der Waals surface area contributed by atoms with Crippen molar-refractivity contribution < 1.29 is 14.3 Å². The molecule has 1 unspecified atom stereocenters. The first kappa shape index (κ1) is 16.5. The van der Waals surface area contributed by atoms with Crippen LogP contribution in [0.15, 0.2) is 60.7 Å². The Kier molecular flexibility index (Phi) is 6.17. The van der Waals surface area contributed by atoms with Gasteiger partial charge in [-0.3, -0.25) is 20.4 Å². The molecule has 120 valence electrons. The highest BCUT2D eigenvalue weighted by Gasteiger charge is 2.18. The number of carbonyl (C=O) groups excluding carboxylic acids is 2. The molecular formula is C18H20N2O3. The van der Waals surface area contributed by atoms with Crippen LogP contribution in [-0.4, -0.2) is 17.9 Å². The molecule has 0 bridgehead atoms. The number of rotatable bonds is 6. The van der Waals surface area contributed by atoms with Crippen LogP contribution in [0.5, 0.6) is 5.75 Å². The summed E-state index contributed by atoms with van der Waals surface area (Å²) in [6.07, 6.45) is 0.0432. The number of carbonyl (C=O) groups is 2. The number of hydrogen-bond acceptors (Lipinski definition) is 3. The first-order valence-corrected chi connectivity index (χ1v) is 7.53. The van der Waals surface area contributed by atoms with E-state index in [0.29, 0.717) is 12.2 Å². The van der Waals surface area contributed by atoms with Crippen LogP contribution < -0.4 is 15.6 Å². The van der Waals surface area contributed by atoms with Gasteiger partial charge in [-0.05, 0) is 24.1 Å². The molecule has 2 N–H and O–H groups in total. The van der Waals surface area contributed by atoms with Crippen LogP contribution in [0, 0.1) is 0 Å². The minimum absolute atomic E-state index is 0.206. The molecule has 23 heavy (non-hydrogen) atoms. The van der Waals surface area contributed by atoms with Gasteiger partial charge in [0.05, 0.1) is 6.42 Å². The fourth-order valence-corrected chi connectivity index (χ4v) is 2.02. The molecule has 0 aliphatic heterocycles. The zero-order valence-electron chi connectivity index (χ0n) is 13.0. The van der Waals surface area contributed by atoms with Gasteiger partial charge in [-0.25, -0.2) is 0 Å². The third kappa shape index (κ3) is 5.47. The molecular weight excluding hydrogens is 292 g/mol. The van der Waals surface area contributed by atoms with Gasteiger partial charge in [0.15, 0.2) is 6.10 Å². The number of hydrogen-bond donors (Lipinski definition) is 2. The monoisotopic (exact) mass is 312 g/mol. The van der Waals surface area contributed by atoms with Crippen molar-refractivity contribution in [2.75, 3.05) is 0 Å². The molecule has 0 spiro atoms. The van der Waals surface area contributed by atoms with Crippen LogP contribution in [0.1, 0.15) is 18.9 Å². The summed E-state index contributed by atoms with van der Waals surface area (Å²) in [5.74, 6) is -0.0398. The van der Waals surface area contributed by atoms with E-state index in [1.807, 2.05) is 55.5 Å². The first-order valence-electron chi connectivity index (χ1n) is 7.53. The Morgan fingerprint density at radius 2 is 1.57 bits per heavy atom. The second-order valence-electron chi connectivity index (χ2n) is 5.03. The maximum Gasteiger partial charge on any atom is 0.279 e. The van der Waals surface area contributed by atoms with E-state index in [0.717, 1.165) is 5.56 Å². The van der Waals surface area contributed by atoms with Crippen LogP contribution in [-0.2, 0) is 16.0 Å². The number of nitrogens with one attached hydrogen (secondary N) is 2.